The molecule has 0 saturated heterocycles. The van der Waals surface area contributed by atoms with Gasteiger partial charge in [0.05, 0.1) is 9.58 Å². The van der Waals surface area contributed by atoms with E-state index in [1.54, 1.807) is 0 Å². The number of fused-ring (bicyclic) bond motifs is 1. The number of primary amides is 1. The Bertz CT molecular complexity index is 1200. The third-order valence-electron chi connectivity index (χ3n) is 4.09. The van der Waals surface area contributed by atoms with Crippen molar-refractivity contribution in [2.24, 2.45) is 5.73 Å². The van der Waals surface area contributed by atoms with Crippen LogP contribution < -0.4 is 15.8 Å². The summed E-state index contributed by atoms with van der Waals surface area (Å²) in [5, 5.41) is 2.04. The number of nitrogens with one attached hydrogen (secondary N) is 1. The summed E-state index contributed by atoms with van der Waals surface area (Å²) in [6, 6.07) is 5.27. The first-order chi connectivity index (χ1) is 14.9. The maximum atomic E-state index is 14.2. The predicted molar refractivity (Wildman–Crippen MR) is 114 cm³/mol. The van der Waals surface area contributed by atoms with E-state index >= 15 is 0 Å². The fraction of sp³-hybridized carbons (Fsp3) is 0.111. The standard InChI is InChI=1S/C18H12BrF4N2O5PS/c19-13-8-4-7(17(24)27)5-11(15(8)32-16(13)18(22,23)31(28)29)30-6-12(26)25-14-9(20)2-1-3-10(14)21/h1-5,28-29H,6H2,(H2,24,27)(H,25,26). The van der Waals surface area contributed by atoms with Crippen molar-refractivity contribution in [3.63, 3.8) is 0 Å². The molecular formula is C18H12BrF4N2O5PS. The number of para-hydroxylation sites is 1. The number of amides is 2. The Morgan fingerprint density at radius 3 is 2.41 bits per heavy atom. The molecule has 0 bridgehead atoms. The smallest absolute Gasteiger partial charge is 0.349 e. The van der Waals surface area contributed by atoms with E-state index < -0.39 is 54.7 Å². The monoisotopic (exact) mass is 554 g/mol. The molecule has 14 heteroatoms. The molecule has 0 fully saturated rings. The highest BCUT2D eigenvalue weighted by atomic mass is 79.9. The average Bonchev–Trinajstić information content (AvgIpc) is 3.06. The van der Waals surface area contributed by atoms with Crippen LogP contribution in [0.3, 0.4) is 0 Å². The lowest BCUT2D eigenvalue weighted by Gasteiger charge is -2.15. The highest BCUT2D eigenvalue weighted by Crippen LogP contribution is 2.58. The number of anilines is 1. The Labute approximate surface area is 190 Å². The van der Waals surface area contributed by atoms with E-state index in [0.29, 0.717) is 11.3 Å². The van der Waals surface area contributed by atoms with Crippen molar-refractivity contribution in [3.8, 4) is 5.75 Å². The summed E-state index contributed by atoms with van der Waals surface area (Å²) in [4.78, 5) is 41.2. The molecule has 0 radical (unpaired) electrons. The van der Waals surface area contributed by atoms with Crippen LogP contribution in [0.25, 0.3) is 10.1 Å². The van der Waals surface area contributed by atoms with E-state index in [2.05, 4.69) is 15.9 Å². The molecule has 3 aromatic rings. The van der Waals surface area contributed by atoms with E-state index in [1.807, 2.05) is 5.32 Å². The molecule has 7 nitrogen and oxygen atoms in total. The number of benzene rings is 2. The molecule has 3 rings (SSSR count). The molecule has 0 atom stereocenters. The lowest BCUT2D eigenvalue weighted by Crippen LogP contribution is -2.21. The maximum absolute atomic E-state index is 14.2. The number of carbonyl (C=O) groups excluding carboxylic acids is 2. The highest BCUT2D eigenvalue weighted by Gasteiger charge is 2.45. The third-order valence-corrected chi connectivity index (χ3v) is 7.34. The fourth-order valence-electron chi connectivity index (χ4n) is 2.61. The van der Waals surface area contributed by atoms with Gasteiger partial charge >= 0.3 is 5.66 Å². The Kier molecular flexibility index (Phi) is 7.06. The van der Waals surface area contributed by atoms with Gasteiger partial charge < -0.3 is 25.6 Å². The lowest BCUT2D eigenvalue weighted by atomic mass is 10.1. The molecule has 2 amide bonds. The van der Waals surface area contributed by atoms with Crippen LogP contribution in [0.1, 0.15) is 15.2 Å². The van der Waals surface area contributed by atoms with Crippen LogP contribution in [-0.2, 0) is 10.5 Å². The molecule has 0 aliphatic heterocycles. The second-order valence-corrected chi connectivity index (χ2v) is 9.18. The highest BCUT2D eigenvalue weighted by molar-refractivity contribution is 9.10. The summed E-state index contributed by atoms with van der Waals surface area (Å²) in [7, 11) is -3.68. The minimum absolute atomic E-state index is 0.0401. The zero-order valence-corrected chi connectivity index (χ0v) is 18.8. The first-order valence-corrected chi connectivity index (χ1v) is 11.3. The van der Waals surface area contributed by atoms with E-state index in [0.717, 1.165) is 24.3 Å². The quantitative estimate of drug-likeness (QED) is 0.255. The van der Waals surface area contributed by atoms with E-state index in [-0.39, 0.29) is 25.9 Å². The number of hydrogen-bond acceptors (Lipinski definition) is 6. The zero-order valence-electron chi connectivity index (χ0n) is 15.5. The first-order valence-electron chi connectivity index (χ1n) is 8.42. The largest absolute Gasteiger partial charge is 0.482 e. The Hall–Kier alpha value is -2.31. The number of ether oxygens (including phenoxy) is 1. The van der Waals surface area contributed by atoms with E-state index in [1.165, 1.54) is 6.07 Å². The van der Waals surface area contributed by atoms with Crippen LogP contribution in [0, 0.1) is 11.6 Å². The molecule has 1 heterocycles. The normalized spacial score (nSPS) is 11.8. The molecule has 32 heavy (non-hydrogen) atoms. The van der Waals surface area contributed by atoms with Gasteiger partial charge in [-0.3, -0.25) is 9.59 Å². The summed E-state index contributed by atoms with van der Waals surface area (Å²) in [6.45, 7) is -0.793. The average molecular weight is 555 g/mol. The molecule has 5 N–H and O–H groups in total. The van der Waals surface area contributed by atoms with Crippen molar-refractivity contribution in [3.05, 3.63) is 56.9 Å². The molecule has 0 saturated carbocycles. The molecule has 0 aliphatic rings. The lowest BCUT2D eigenvalue weighted by molar-refractivity contribution is -0.118. The summed E-state index contributed by atoms with van der Waals surface area (Å²) in [6.07, 6.45) is 0. The van der Waals surface area contributed by atoms with Gasteiger partial charge in [-0.25, -0.2) is 8.78 Å². The zero-order chi connectivity index (χ0) is 23.8. The van der Waals surface area contributed by atoms with Crippen molar-refractivity contribution < 1.29 is 41.7 Å². The SMILES string of the molecule is NC(=O)c1cc(OCC(=O)Nc2c(F)cccc2F)c2sc(C(F)(F)P(O)O)c(Br)c2c1. The molecule has 0 unspecified atom stereocenters. The number of thiophene rings is 1. The van der Waals surface area contributed by atoms with Crippen molar-refractivity contribution in [2.75, 3.05) is 11.9 Å². The van der Waals surface area contributed by atoms with Crippen LogP contribution >= 0.6 is 35.6 Å². The van der Waals surface area contributed by atoms with Gasteiger partial charge in [0, 0.05) is 15.4 Å². The molecule has 0 spiro atoms. The molecular weight excluding hydrogens is 543 g/mol. The van der Waals surface area contributed by atoms with Crippen LogP contribution in [0.2, 0.25) is 0 Å². The maximum Gasteiger partial charge on any atom is 0.349 e. The summed E-state index contributed by atoms with van der Waals surface area (Å²) < 4.78 is 61.0. The van der Waals surface area contributed by atoms with Crippen molar-refractivity contribution in [1.82, 2.24) is 0 Å². The van der Waals surface area contributed by atoms with Crippen molar-refractivity contribution in [2.45, 2.75) is 5.66 Å². The van der Waals surface area contributed by atoms with Crippen LogP contribution in [0.15, 0.2) is 34.8 Å². The van der Waals surface area contributed by atoms with Gasteiger partial charge in [-0.15, -0.1) is 11.3 Å². The molecule has 2 aromatic carbocycles. The molecule has 0 aliphatic carbocycles. The Balaban J connectivity index is 1.96. The summed E-state index contributed by atoms with van der Waals surface area (Å²) in [5.74, 6) is -4.13. The molecule has 1 aromatic heterocycles. The second-order valence-electron chi connectivity index (χ2n) is 6.22. The van der Waals surface area contributed by atoms with Crippen LogP contribution in [0.4, 0.5) is 23.2 Å². The number of halogens is 5. The first kappa shape index (κ1) is 24.3. The minimum atomic E-state index is -4.00. The summed E-state index contributed by atoms with van der Waals surface area (Å²) >= 11 is 3.40. The molecule has 170 valence electrons. The van der Waals surface area contributed by atoms with Gasteiger partial charge in [0.15, 0.2) is 6.61 Å². The van der Waals surface area contributed by atoms with Gasteiger partial charge in [0.1, 0.15) is 23.1 Å². The van der Waals surface area contributed by atoms with Gasteiger partial charge in [-0.05, 0) is 40.2 Å². The van der Waals surface area contributed by atoms with Gasteiger partial charge in [-0.1, -0.05) is 6.07 Å². The minimum Gasteiger partial charge on any atom is -0.482 e. The van der Waals surface area contributed by atoms with Crippen LogP contribution in [0.5, 0.6) is 5.75 Å². The topological polar surface area (TPSA) is 122 Å². The van der Waals surface area contributed by atoms with Crippen molar-refractivity contribution in [1.29, 1.82) is 0 Å². The van der Waals surface area contributed by atoms with Crippen molar-refractivity contribution >= 4 is 63.2 Å². The van der Waals surface area contributed by atoms with Gasteiger partial charge in [-0.2, -0.15) is 8.78 Å². The second kappa shape index (κ2) is 9.28. The fourth-order valence-corrected chi connectivity index (χ4v) is 5.39. The Morgan fingerprint density at radius 1 is 1.22 bits per heavy atom. The van der Waals surface area contributed by atoms with Gasteiger partial charge in [0.2, 0.25) is 14.3 Å². The van der Waals surface area contributed by atoms with Gasteiger partial charge in [0.25, 0.3) is 5.91 Å². The predicted octanol–water partition coefficient (Wildman–Crippen LogP) is 4.40. The number of alkyl halides is 2. The van der Waals surface area contributed by atoms with E-state index in [4.69, 9.17) is 20.3 Å². The summed E-state index contributed by atoms with van der Waals surface area (Å²) in [5.41, 5.74) is 0.425. The number of carbonyl (C=O) groups is 2. The van der Waals surface area contributed by atoms with Crippen LogP contribution in [-0.4, -0.2) is 28.2 Å². The number of nitrogens with two attached hydrogens (primary N) is 1. The van der Waals surface area contributed by atoms with E-state index in [9.17, 15) is 27.2 Å². The number of hydrogen-bond donors (Lipinski definition) is 4. The third kappa shape index (κ3) is 4.71. The Morgan fingerprint density at radius 2 is 1.84 bits per heavy atom. The number of rotatable bonds is 7.